The Kier molecular flexibility index (Phi) is 5.52. The van der Waals surface area contributed by atoms with Crippen LogP contribution in [0.4, 0.5) is 0 Å². The number of benzene rings is 1. The second-order valence-electron chi connectivity index (χ2n) is 6.15. The molecule has 0 radical (unpaired) electrons. The van der Waals surface area contributed by atoms with Crippen LogP contribution in [0.5, 0.6) is 0 Å². The minimum absolute atomic E-state index is 0.237. The largest absolute Gasteiger partial charge is 0.343 e. The fraction of sp³-hybridized carbons (Fsp3) is 0.471. The molecule has 1 aliphatic heterocycles. The molecule has 0 unspecified atom stereocenters. The van der Waals surface area contributed by atoms with E-state index in [-0.39, 0.29) is 4.90 Å². The molecule has 0 bridgehead atoms. The fourth-order valence-electron chi connectivity index (χ4n) is 2.90. The normalized spacial score (nSPS) is 19.2. The Morgan fingerprint density at radius 2 is 2.04 bits per heavy atom. The Labute approximate surface area is 143 Å². The number of allylic oxidation sites excluding steroid dienone is 1. The minimum atomic E-state index is -3.58. The van der Waals surface area contributed by atoms with Crippen LogP contribution in [-0.2, 0) is 10.0 Å². The van der Waals surface area contributed by atoms with E-state index < -0.39 is 10.0 Å². The zero-order valence-corrected chi connectivity index (χ0v) is 14.6. The summed E-state index contributed by atoms with van der Waals surface area (Å²) in [6.07, 6.45) is 8.47. The summed E-state index contributed by atoms with van der Waals surface area (Å²) in [5.74, 6) is 0.312. The summed E-state index contributed by atoms with van der Waals surface area (Å²) >= 11 is 0. The minimum Gasteiger partial charge on any atom is -0.343 e. The molecule has 3 rings (SSSR count). The van der Waals surface area contributed by atoms with Crippen molar-refractivity contribution in [2.24, 2.45) is 4.99 Å². The first kappa shape index (κ1) is 17.0. The highest BCUT2D eigenvalue weighted by molar-refractivity contribution is 7.90. The smallest absolute Gasteiger partial charge is 0.264 e. The molecule has 0 fully saturated rings. The highest BCUT2D eigenvalue weighted by Gasteiger charge is 2.19. The Morgan fingerprint density at radius 1 is 1.21 bits per heavy atom. The molecule has 2 aliphatic rings. The van der Waals surface area contributed by atoms with Crippen LogP contribution in [-0.4, -0.2) is 39.2 Å². The molecule has 130 valence electrons. The highest BCUT2D eigenvalue weighted by Crippen LogP contribution is 2.20. The van der Waals surface area contributed by atoms with E-state index in [0.29, 0.717) is 19.3 Å². The lowest BCUT2D eigenvalue weighted by molar-refractivity contribution is 0.265. The third-order valence-corrected chi connectivity index (χ3v) is 5.67. The van der Waals surface area contributed by atoms with Gasteiger partial charge in [0.1, 0.15) is 0 Å². The lowest BCUT2D eigenvalue weighted by Crippen LogP contribution is -2.50. The van der Waals surface area contributed by atoms with E-state index in [0.717, 1.165) is 13.0 Å². The second kappa shape index (κ2) is 7.81. The van der Waals surface area contributed by atoms with Crippen molar-refractivity contribution in [1.29, 1.82) is 0 Å². The van der Waals surface area contributed by atoms with Crippen LogP contribution in [0.3, 0.4) is 0 Å². The van der Waals surface area contributed by atoms with Gasteiger partial charge in [-0.2, -0.15) is 0 Å². The van der Waals surface area contributed by atoms with E-state index in [9.17, 15) is 8.42 Å². The van der Waals surface area contributed by atoms with Gasteiger partial charge >= 0.3 is 0 Å². The summed E-state index contributed by atoms with van der Waals surface area (Å²) < 4.78 is 27.0. The van der Waals surface area contributed by atoms with Crippen LogP contribution in [0.1, 0.15) is 32.1 Å². The molecule has 6 nitrogen and oxygen atoms in total. The molecule has 0 spiro atoms. The molecule has 7 heteroatoms. The van der Waals surface area contributed by atoms with E-state index in [1.54, 1.807) is 35.9 Å². The summed E-state index contributed by atoms with van der Waals surface area (Å²) in [6.45, 7) is 2.05. The molecule has 2 N–H and O–H groups in total. The van der Waals surface area contributed by atoms with Crippen molar-refractivity contribution in [3.63, 3.8) is 0 Å². The summed E-state index contributed by atoms with van der Waals surface area (Å²) in [5.41, 5.74) is 1.54. The summed E-state index contributed by atoms with van der Waals surface area (Å²) in [5, 5.41) is 3.05. The number of nitrogens with zero attached hydrogens (tertiary/aromatic N) is 2. The summed E-state index contributed by atoms with van der Waals surface area (Å²) in [4.78, 5) is 6.72. The van der Waals surface area contributed by atoms with E-state index in [2.05, 4.69) is 26.0 Å². The molecule has 0 amide bonds. The van der Waals surface area contributed by atoms with Gasteiger partial charge in [-0.1, -0.05) is 29.8 Å². The number of hydrogen-bond donors (Lipinski definition) is 2. The molecule has 1 aromatic carbocycles. The van der Waals surface area contributed by atoms with E-state index in [1.165, 1.54) is 25.7 Å². The van der Waals surface area contributed by atoms with Crippen molar-refractivity contribution < 1.29 is 8.42 Å². The molecule has 24 heavy (non-hydrogen) atoms. The molecule has 1 aliphatic carbocycles. The van der Waals surface area contributed by atoms with Gasteiger partial charge in [0.2, 0.25) is 5.96 Å². The molecular formula is C17H24N4O2S. The van der Waals surface area contributed by atoms with Crippen molar-refractivity contribution in [3.8, 4) is 0 Å². The molecule has 1 aromatic rings. The second-order valence-corrected chi connectivity index (χ2v) is 7.84. The lowest BCUT2D eigenvalue weighted by atomic mass is 9.97. The van der Waals surface area contributed by atoms with Crippen molar-refractivity contribution in [2.75, 3.05) is 19.9 Å². The van der Waals surface area contributed by atoms with Gasteiger partial charge < -0.3 is 5.32 Å². The first-order chi connectivity index (χ1) is 11.6. The summed E-state index contributed by atoms with van der Waals surface area (Å²) in [7, 11) is -3.58. The van der Waals surface area contributed by atoms with Crippen LogP contribution in [0.2, 0.25) is 0 Å². The number of rotatable bonds is 5. The van der Waals surface area contributed by atoms with Gasteiger partial charge in [0.25, 0.3) is 10.0 Å². The molecule has 0 aromatic heterocycles. The van der Waals surface area contributed by atoms with Crippen molar-refractivity contribution in [3.05, 3.63) is 42.0 Å². The highest BCUT2D eigenvalue weighted by atomic mass is 32.2. The Balaban J connectivity index is 1.51. The molecule has 0 atom stereocenters. The maximum Gasteiger partial charge on any atom is 0.264 e. The number of guanidine groups is 1. The van der Waals surface area contributed by atoms with Crippen molar-refractivity contribution >= 4 is 16.0 Å². The maximum atomic E-state index is 12.3. The molecule has 0 saturated carbocycles. The monoisotopic (exact) mass is 348 g/mol. The van der Waals surface area contributed by atoms with Gasteiger partial charge in [-0.25, -0.2) is 18.1 Å². The number of aliphatic imine (C=N–C) groups is 1. The predicted molar refractivity (Wildman–Crippen MR) is 94.9 cm³/mol. The Morgan fingerprint density at radius 3 is 2.71 bits per heavy atom. The molecule has 1 heterocycles. The van der Waals surface area contributed by atoms with Crippen LogP contribution in [0.15, 0.2) is 51.9 Å². The zero-order chi connectivity index (χ0) is 16.8. The number of sulfonamides is 1. The van der Waals surface area contributed by atoms with Gasteiger partial charge in [-0.15, -0.1) is 0 Å². The van der Waals surface area contributed by atoms with Gasteiger partial charge in [0.15, 0.2) is 0 Å². The van der Waals surface area contributed by atoms with Crippen LogP contribution >= 0.6 is 0 Å². The first-order valence-electron chi connectivity index (χ1n) is 8.40. The van der Waals surface area contributed by atoms with Gasteiger partial charge in [-0.3, -0.25) is 4.90 Å². The van der Waals surface area contributed by atoms with E-state index in [1.807, 2.05) is 0 Å². The van der Waals surface area contributed by atoms with Crippen LogP contribution < -0.4 is 10.0 Å². The molecule has 0 saturated heterocycles. The zero-order valence-electron chi connectivity index (χ0n) is 13.7. The lowest BCUT2D eigenvalue weighted by Gasteiger charge is -2.27. The average Bonchev–Trinajstić information content (AvgIpc) is 2.62. The third kappa shape index (κ3) is 4.58. The van der Waals surface area contributed by atoms with E-state index in [4.69, 9.17) is 0 Å². The van der Waals surface area contributed by atoms with Crippen molar-refractivity contribution in [2.45, 2.75) is 37.0 Å². The SMILES string of the molecule is O=S(=O)(NC1=NCN(CCC2=CCCCC2)CN1)c1ccccc1. The first-order valence-corrected chi connectivity index (χ1v) is 9.88. The quantitative estimate of drug-likeness (QED) is 0.799. The number of hydrogen-bond acceptors (Lipinski definition) is 5. The predicted octanol–water partition coefficient (Wildman–Crippen LogP) is 2.03. The Bertz CT molecular complexity index is 713. The van der Waals surface area contributed by atoms with Crippen molar-refractivity contribution in [1.82, 2.24) is 14.9 Å². The van der Waals surface area contributed by atoms with Crippen LogP contribution in [0, 0.1) is 0 Å². The fourth-order valence-corrected chi connectivity index (χ4v) is 3.93. The third-order valence-electron chi connectivity index (χ3n) is 4.32. The van der Waals surface area contributed by atoms with Gasteiger partial charge in [0, 0.05) is 6.54 Å². The van der Waals surface area contributed by atoms with E-state index >= 15 is 0 Å². The summed E-state index contributed by atoms with van der Waals surface area (Å²) in [6, 6.07) is 8.32. The van der Waals surface area contributed by atoms with Gasteiger partial charge in [0.05, 0.1) is 18.2 Å². The Hall–Kier alpha value is -1.86. The average molecular weight is 348 g/mol. The van der Waals surface area contributed by atoms with Crippen LogP contribution in [0.25, 0.3) is 0 Å². The molecular weight excluding hydrogens is 324 g/mol. The number of nitrogens with one attached hydrogen (secondary N) is 2. The standard InChI is InChI=1S/C17H24N4O2S/c22-24(23,16-9-5-2-6-10-16)20-17-18-13-21(14-19-17)12-11-15-7-3-1-4-8-15/h2,5-7,9-10H,1,3-4,8,11-14H2,(H2,18,19,20). The topological polar surface area (TPSA) is 73.8 Å². The maximum absolute atomic E-state index is 12.3. The van der Waals surface area contributed by atoms with Gasteiger partial charge in [-0.05, 0) is 44.2 Å².